The number of likely N-dealkylation sites (tertiary alicyclic amines) is 1. The van der Waals surface area contributed by atoms with Crippen molar-refractivity contribution in [3.8, 4) is 0 Å². The van der Waals surface area contributed by atoms with Crippen LogP contribution in [0.15, 0.2) is 18.2 Å². The number of halogens is 4. The number of carbonyl (C=O) groups is 1. The molecule has 1 aromatic carbocycles. The summed E-state index contributed by atoms with van der Waals surface area (Å²) in [5.74, 6) is -0.396. The first-order chi connectivity index (χ1) is 10.6. The molecular weight excluding hydrogens is 331 g/mol. The topological polar surface area (TPSA) is 58.4 Å². The van der Waals surface area contributed by atoms with E-state index in [4.69, 9.17) is 17.3 Å². The van der Waals surface area contributed by atoms with Crippen molar-refractivity contribution in [3.05, 3.63) is 28.8 Å². The lowest BCUT2D eigenvalue weighted by molar-refractivity contribution is -0.137. The fourth-order valence-corrected chi connectivity index (χ4v) is 2.78. The van der Waals surface area contributed by atoms with Crippen LogP contribution in [0, 0.1) is 5.41 Å². The van der Waals surface area contributed by atoms with Crippen LogP contribution < -0.4 is 11.1 Å². The van der Waals surface area contributed by atoms with Crippen LogP contribution in [-0.4, -0.2) is 37.0 Å². The Bertz CT molecular complexity index is 594. The maximum atomic E-state index is 12.7. The fourth-order valence-electron chi connectivity index (χ4n) is 2.62. The zero-order valence-corrected chi connectivity index (χ0v) is 13.5. The second-order valence-corrected chi connectivity index (χ2v) is 6.62. The highest BCUT2D eigenvalue weighted by atomic mass is 35.5. The van der Waals surface area contributed by atoms with Crippen molar-refractivity contribution in [1.29, 1.82) is 0 Å². The van der Waals surface area contributed by atoms with Crippen molar-refractivity contribution in [2.75, 3.05) is 31.5 Å². The summed E-state index contributed by atoms with van der Waals surface area (Å²) in [4.78, 5) is 14.0. The lowest BCUT2D eigenvalue weighted by Crippen LogP contribution is -2.35. The zero-order chi connectivity index (χ0) is 17.3. The Hall–Kier alpha value is -1.31. The van der Waals surface area contributed by atoms with E-state index in [0.29, 0.717) is 13.1 Å². The van der Waals surface area contributed by atoms with Gasteiger partial charge in [-0.15, -0.1) is 0 Å². The van der Waals surface area contributed by atoms with E-state index in [0.717, 1.165) is 31.2 Å². The van der Waals surface area contributed by atoms with Gasteiger partial charge < -0.3 is 11.1 Å². The minimum Gasteiger partial charge on any atom is -0.330 e. The molecule has 1 aliphatic heterocycles. The molecule has 8 heteroatoms. The Balaban J connectivity index is 2.01. The molecule has 128 valence electrons. The lowest BCUT2D eigenvalue weighted by atomic mass is 9.90. The molecule has 2 rings (SSSR count). The second-order valence-electron chi connectivity index (χ2n) is 6.22. The van der Waals surface area contributed by atoms with Crippen LogP contribution in [0.2, 0.25) is 5.02 Å². The third-order valence-corrected chi connectivity index (χ3v) is 4.39. The van der Waals surface area contributed by atoms with Gasteiger partial charge in [0.1, 0.15) is 0 Å². The van der Waals surface area contributed by atoms with Crippen LogP contribution in [-0.2, 0) is 11.0 Å². The summed E-state index contributed by atoms with van der Waals surface area (Å²) in [6, 6.07) is 2.85. The molecule has 4 nitrogen and oxygen atoms in total. The minimum absolute atomic E-state index is 0.0197. The number of carbonyl (C=O) groups excluding carboxylic acids is 1. The summed E-state index contributed by atoms with van der Waals surface area (Å²) in [5.41, 5.74) is 4.80. The second kappa shape index (κ2) is 6.67. The number of rotatable bonds is 4. The smallest absolute Gasteiger partial charge is 0.330 e. The molecule has 0 bridgehead atoms. The molecule has 23 heavy (non-hydrogen) atoms. The lowest BCUT2D eigenvalue weighted by Gasteiger charge is -2.22. The van der Waals surface area contributed by atoms with Gasteiger partial charge in [-0.3, -0.25) is 9.69 Å². The number of nitrogens with zero attached hydrogens (tertiary/aromatic N) is 1. The van der Waals surface area contributed by atoms with E-state index < -0.39 is 17.6 Å². The maximum Gasteiger partial charge on any atom is 0.416 e. The first-order valence-electron chi connectivity index (χ1n) is 7.22. The van der Waals surface area contributed by atoms with Gasteiger partial charge in [-0.2, -0.15) is 13.2 Å². The maximum absolute atomic E-state index is 12.7. The molecule has 1 unspecified atom stereocenters. The monoisotopic (exact) mass is 349 g/mol. The van der Waals surface area contributed by atoms with Gasteiger partial charge in [-0.1, -0.05) is 18.5 Å². The highest BCUT2D eigenvalue weighted by Gasteiger charge is 2.33. The Morgan fingerprint density at radius 2 is 2.17 bits per heavy atom. The van der Waals surface area contributed by atoms with Crippen molar-refractivity contribution < 1.29 is 18.0 Å². The number of nitrogens with two attached hydrogens (primary N) is 1. The van der Waals surface area contributed by atoms with E-state index in [1.165, 1.54) is 0 Å². The number of nitrogens with one attached hydrogen (secondary N) is 1. The van der Waals surface area contributed by atoms with Crippen LogP contribution in [0.4, 0.5) is 18.9 Å². The highest BCUT2D eigenvalue weighted by molar-refractivity contribution is 6.33. The molecule has 1 aromatic rings. The summed E-state index contributed by atoms with van der Waals surface area (Å²) >= 11 is 5.86. The molecule has 1 fully saturated rings. The van der Waals surface area contributed by atoms with E-state index in [-0.39, 0.29) is 22.7 Å². The van der Waals surface area contributed by atoms with Crippen molar-refractivity contribution in [3.63, 3.8) is 0 Å². The first kappa shape index (κ1) is 18.0. The molecular formula is C15H19ClF3N3O. The van der Waals surface area contributed by atoms with E-state index in [9.17, 15) is 18.0 Å². The van der Waals surface area contributed by atoms with Gasteiger partial charge in [0.15, 0.2) is 0 Å². The van der Waals surface area contributed by atoms with Crippen LogP contribution in [0.25, 0.3) is 0 Å². The van der Waals surface area contributed by atoms with Gasteiger partial charge in [0.2, 0.25) is 5.91 Å². The molecule has 1 aliphatic rings. The first-order valence-corrected chi connectivity index (χ1v) is 7.60. The Kier molecular flexibility index (Phi) is 5.23. The zero-order valence-electron chi connectivity index (χ0n) is 12.7. The fraction of sp³-hybridized carbons (Fsp3) is 0.533. The quantitative estimate of drug-likeness (QED) is 0.878. The number of hydrogen-bond acceptors (Lipinski definition) is 3. The Morgan fingerprint density at radius 3 is 2.74 bits per heavy atom. The van der Waals surface area contributed by atoms with Crippen molar-refractivity contribution >= 4 is 23.2 Å². The van der Waals surface area contributed by atoms with Gasteiger partial charge in [0.25, 0.3) is 0 Å². The highest BCUT2D eigenvalue weighted by Crippen LogP contribution is 2.34. The molecule has 1 saturated heterocycles. The molecule has 3 N–H and O–H groups in total. The standard InChI is InChI=1S/C15H19ClF3N3O/c1-14(8-20)4-5-22(9-14)7-13(23)21-12-6-10(15(17,18)19)2-3-11(12)16/h2-3,6H,4-5,7-9,20H2,1H3,(H,21,23). The summed E-state index contributed by atoms with van der Waals surface area (Å²) in [6.45, 7) is 4.10. The Labute approximate surface area is 137 Å². The summed E-state index contributed by atoms with van der Waals surface area (Å²) < 4.78 is 38.1. The molecule has 0 spiro atoms. The minimum atomic E-state index is -4.48. The molecule has 0 aliphatic carbocycles. The van der Waals surface area contributed by atoms with Crippen molar-refractivity contribution in [2.45, 2.75) is 19.5 Å². The predicted molar refractivity (Wildman–Crippen MR) is 83.3 cm³/mol. The number of anilines is 1. The van der Waals surface area contributed by atoms with Gasteiger partial charge in [0.05, 0.1) is 22.8 Å². The van der Waals surface area contributed by atoms with Gasteiger partial charge in [0, 0.05) is 6.54 Å². The average Bonchev–Trinajstić information content (AvgIpc) is 2.82. The van der Waals surface area contributed by atoms with Crippen LogP contribution in [0.5, 0.6) is 0 Å². The van der Waals surface area contributed by atoms with Gasteiger partial charge in [-0.25, -0.2) is 0 Å². The number of hydrogen-bond donors (Lipinski definition) is 2. The average molecular weight is 350 g/mol. The third kappa shape index (κ3) is 4.59. The van der Waals surface area contributed by atoms with Crippen molar-refractivity contribution in [2.24, 2.45) is 11.1 Å². The Morgan fingerprint density at radius 1 is 1.48 bits per heavy atom. The van der Waals surface area contributed by atoms with Crippen LogP contribution in [0.3, 0.4) is 0 Å². The van der Waals surface area contributed by atoms with Gasteiger partial charge >= 0.3 is 6.18 Å². The molecule has 0 radical (unpaired) electrons. The summed E-state index contributed by atoms with van der Waals surface area (Å²) in [7, 11) is 0. The summed E-state index contributed by atoms with van der Waals surface area (Å²) in [6.07, 6.45) is -3.59. The third-order valence-electron chi connectivity index (χ3n) is 4.06. The number of alkyl halides is 3. The predicted octanol–water partition coefficient (Wildman–Crippen LogP) is 2.97. The molecule has 1 heterocycles. The summed E-state index contributed by atoms with van der Waals surface area (Å²) in [5, 5.41) is 2.52. The van der Waals surface area contributed by atoms with Crippen molar-refractivity contribution in [1.82, 2.24) is 4.90 Å². The van der Waals surface area contributed by atoms with E-state index >= 15 is 0 Å². The van der Waals surface area contributed by atoms with Crippen LogP contribution in [0.1, 0.15) is 18.9 Å². The van der Waals surface area contributed by atoms with E-state index in [1.54, 1.807) is 0 Å². The molecule has 0 aromatic heterocycles. The van der Waals surface area contributed by atoms with Crippen LogP contribution >= 0.6 is 11.6 Å². The molecule has 1 amide bonds. The van der Waals surface area contributed by atoms with E-state index in [2.05, 4.69) is 12.2 Å². The SMILES string of the molecule is CC1(CN)CCN(CC(=O)Nc2cc(C(F)(F)F)ccc2Cl)C1. The molecule has 0 saturated carbocycles. The number of benzene rings is 1. The number of amides is 1. The largest absolute Gasteiger partial charge is 0.416 e. The van der Waals surface area contributed by atoms with E-state index in [1.807, 2.05) is 4.90 Å². The molecule has 1 atom stereocenters. The normalized spacial score (nSPS) is 22.3. The van der Waals surface area contributed by atoms with Gasteiger partial charge in [-0.05, 0) is 43.1 Å².